The van der Waals surface area contributed by atoms with Crippen molar-refractivity contribution in [3.8, 4) is 0 Å². The number of nitrogens with two attached hydrogens (primary N) is 4. The molecule has 8 N–H and O–H groups in total. The molecule has 0 aromatic carbocycles. The Labute approximate surface area is 68.5 Å². The third kappa shape index (κ3) is 1.51. The molecule has 7 heteroatoms. The first kappa shape index (κ1) is 8.05. The van der Waals surface area contributed by atoms with Crippen molar-refractivity contribution in [2.75, 3.05) is 11.5 Å². The first-order chi connectivity index (χ1) is 5.61. The second-order valence-electron chi connectivity index (χ2n) is 2.03. The molecule has 0 fully saturated rings. The molecule has 0 radical (unpaired) electrons. The van der Waals surface area contributed by atoms with Crippen molar-refractivity contribution in [3.05, 3.63) is 6.33 Å². The van der Waals surface area contributed by atoms with Crippen molar-refractivity contribution in [1.29, 1.82) is 0 Å². The Kier molecular flexibility index (Phi) is 1.95. The molecule has 1 aromatic heterocycles. The zero-order valence-electron chi connectivity index (χ0n) is 6.23. The van der Waals surface area contributed by atoms with Crippen LogP contribution >= 0.6 is 0 Å². The number of nitrogen functional groups attached to an aromatic ring is 2. The van der Waals surface area contributed by atoms with Crippen molar-refractivity contribution in [2.45, 2.75) is 0 Å². The molecule has 0 saturated heterocycles. The van der Waals surface area contributed by atoms with Gasteiger partial charge in [-0.15, -0.1) is 0 Å². The summed E-state index contributed by atoms with van der Waals surface area (Å²) in [6.45, 7) is 0. The van der Waals surface area contributed by atoms with Crippen LogP contribution in [-0.2, 0) is 0 Å². The van der Waals surface area contributed by atoms with Crippen molar-refractivity contribution in [3.63, 3.8) is 0 Å². The van der Waals surface area contributed by atoms with Gasteiger partial charge in [-0.05, 0) is 0 Å². The Balaban J connectivity index is 3.17. The number of anilines is 2. The first-order valence-electron chi connectivity index (χ1n) is 3.07. The van der Waals surface area contributed by atoms with E-state index in [0.717, 1.165) is 0 Å². The summed E-state index contributed by atoms with van der Waals surface area (Å²) in [4.78, 5) is 11.0. The molecule has 1 rings (SSSR count). The highest BCUT2D eigenvalue weighted by molar-refractivity contribution is 5.82. The number of hydrogen-bond acceptors (Lipinski definition) is 5. The number of aromatic nitrogens is 2. The fraction of sp³-hybridized carbons (Fsp3) is 0. The molecular formula is C5H9N7. The molecule has 0 aliphatic rings. The molecule has 0 bridgehead atoms. The van der Waals surface area contributed by atoms with Crippen LogP contribution in [0.5, 0.6) is 0 Å². The predicted octanol–water partition coefficient (Wildman–Crippen LogP) is -1.45. The van der Waals surface area contributed by atoms with Gasteiger partial charge in [-0.3, -0.25) is 0 Å². The molecule has 0 atom stereocenters. The normalized spacial score (nSPS) is 9.33. The van der Waals surface area contributed by atoms with E-state index in [0.29, 0.717) is 0 Å². The minimum absolute atomic E-state index is 0.125. The van der Waals surface area contributed by atoms with Crippen molar-refractivity contribution < 1.29 is 0 Å². The maximum atomic E-state index is 5.46. The fourth-order valence-corrected chi connectivity index (χ4v) is 0.611. The number of aliphatic imine (C=N–C) groups is 1. The summed E-state index contributed by atoms with van der Waals surface area (Å²) in [7, 11) is 0. The molecule has 0 aliphatic carbocycles. The lowest BCUT2D eigenvalue weighted by Gasteiger charge is -2.00. The number of nitrogens with zero attached hydrogens (tertiary/aromatic N) is 3. The van der Waals surface area contributed by atoms with Gasteiger partial charge in [0.05, 0.1) is 0 Å². The average Bonchev–Trinajstić information content (AvgIpc) is 1.98. The van der Waals surface area contributed by atoms with E-state index < -0.39 is 0 Å². The van der Waals surface area contributed by atoms with Gasteiger partial charge in [0.15, 0.2) is 17.6 Å². The minimum Gasteiger partial charge on any atom is -0.393 e. The topological polar surface area (TPSA) is 142 Å². The zero-order chi connectivity index (χ0) is 9.14. The van der Waals surface area contributed by atoms with Gasteiger partial charge in [0.1, 0.15) is 12.0 Å². The second-order valence-corrected chi connectivity index (χ2v) is 2.03. The van der Waals surface area contributed by atoms with Crippen LogP contribution in [0.4, 0.5) is 17.3 Å². The van der Waals surface area contributed by atoms with E-state index in [1.165, 1.54) is 6.33 Å². The summed E-state index contributed by atoms with van der Waals surface area (Å²) in [5.74, 6) is 0.215. The van der Waals surface area contributed by atoms with Crippen LogP contribution < -0.4 is 22.9 Å². The van der Waals surface area contributed by atoms with Crippen LogP contribution in [-0.4, -0.2) is 15.9 Å². The van der Waals surface area contributed by atoms with Gasteiger partial charge >= 0.3 is 0 Å². The molecule has 0 saturated carbocycles. The number of hydrogen-bond donors (Lipinski definition) is 4. The van der Waals surface area contributed by atoms with Crippen molar-refractivity contribution in [2.24, 2.45) is 16.5 Å². The standard InChI is InChI=1S/C5H9N7/c6-2-3(7)10-1-11-4(2)12-5(8)9/h1H,6H2,(H6,7,8,9,10,11,12). The van der Waals surface area contributed by atoms with Crippen LogP contribution in [0.25, 0.3) is 0 Å². The summed E-state index contributed by atoms with van der Waals surface area (Å²) in [5.41, 5.74) is 21.2. The summed E-state index contributed by atoms with van der Waals surface area (Å²) < 4.78 is 0. The summed E-state index contributed by atoms with van der Waals surface area (Å²) >= 11 is 0. The Morgan fingerprint density at radius 1 is 1.25 bits per heavy atom. The Morgan fingerprint density at radius 3 is 2.50 bits per heavy atom. The lowest BCUT2D eigenvalue weighted by molar-refractivity contribution is 1.16. The van der Waals surface area contributed by atoms with Crippen molar-refractivity contribution in [1.82, 2.24) is 9.97 Å². The van der Waals surface area contributed by atoms with Gasteiger partial charge in [-0.2, -0.15) is 4.99 Å². The number of guanidine groups is 1. The van der Waals surface area contributed by atoms with E-state index in [1.54, 1.807) is 0 Å². The van der Waals surface area contributed by atoms with Crippen LogP contribution in [0.1, 0.15) is 0 Å². The monoisotopic (exact) mass is 167 g/mol. The molecule has 0 aliphatic heterocycles. The van der Waals surface area contributed by atoms with Gasteiger partial charge in [0, 0.05) is 0 Å². The molecule has 0 amide bonds. The number of rotatable bonds is 1. The smallest absolute Gasteiger partial charge is 0.192 e. The predicted molar refractivity (Wildman–Crippen MR) is 46.3 cm³/mol. The lowest BCUT2D eigenvalue weighted by atomic mass is 10.4. The van der Waals surface area contributed by atoms with E-state index in [1.807, 2.05) is 0 Å². The largest absolute Gasteiger partial charge is 0.393 e. The van der Waals surface area contributed by atoms with Crippen LogP contribution in [0, 0.1) is 0 Å². The van der Waals surface area contributed by atoms with Crippen molar-refractivity contribution >= 4 is 23.3 Å². The SMILES string of the molecule is NC(N)=Nc1ncnc(N)c1N. The minimum atomic E-state index is -0.125. The van der Waals surface area contributed by atoms with Crippen LogP contribution in [0.15, 0.2) is 11.3 Å². The third-order valence-electron chi connectivity index (χ3n) is 1.13. The molecule has 1 heterocycles. The van der Waals surface area contributed by atoms with Gasteiger partial charge in [0.25, 0.3) is 0 Å². The van der Waals surface area contributed by atoms with Gasteiger partial charge < -0.3 is 22.9 Å². The molecule has 1 aromatic rings. The quantitative estimate of drug-likeness (QED) is 0.297. The molecular weight excluding hydrogens is 158 g/mol. The van der Waals surface area contributed by atoms with E-state index in [2.05, 4.69) is 15.0 Å². The fourth-order valence-electron chi connectivity index (χ4n) is 0.611. The van der Waals surface area contributed by atoms with Gasteiger partial charge in [-0.1, -0.05) is 0 Å². The summed E-state index contributed by atoms with van der Waals surface area (Å²) in [5, 5.41) is 0. The summed E-state index contributed by atoms with van der Waals surface area (Å²) in [6, 6.07) is 0. The van der Waals surface area contributed by atoms with E-state index in [4.69, 9.17) is 22.9 Å². The van der Waals surface area contributed by atoms with E-state index in [9.17, 15) is 0 Å². The second kappa shape index (κ2) is 2.91. The molecule has 0 unspecified atom stereocenters. The lowest BCUT2D eigenvalue weighted by Crippen LogP contribution is -2.22. The Morgan fingerprint density at radius 2 is 1.92 bits per heavy atom. The maximum absolute atomic E-state index is 5.46. The Bertz CT molecular complexity index is 314. The molecule has 12 heavy (non-hydrogen) atoms. The highest BCUT2D eigenvalue weighted by Gasteiger charge is 2.02. The highest BCUT2D eigenvalue weighted by Crippen LogP contribution is 2.21. The first-order valence-corrected chi connectivity index (χ1v) is 3.07. The maximum Gasteiger partial charge on any atom is 0.192 e. The summed E-state index contributed by atoms with van der Waals surface area (Å²) in [6.07, 6.45) is 1.23. The Hall–Kier alpha value is -2.05. The van der Waals surface area contributed by atoms with Crippen LogP contribution in [0.2, 0.25) is 0 Å². The van der Waals surface area contributed by atoms with Gasteiger partial charge in [0.2, 0.25) is 0 Å². The van der Waals surface area contributed by atoms with Crippen LogP contribution in [0.3, 0.4) is 0 Å². The van der Waals surface area contributed by atoms with E-state index in [-0.39, 0.29) is 23.3 Å². The third-order valence-corrected chi connectivity index (χ3v) is 1.13. The molecule has 0 spiro atoms. The molecule has 64 valence electrons. The van der Waals surface area contributed by atoms with Gasteiger partial charge in [-0.25, -0.2) is 9.97 Å². The highest BCUT2D eigenvalue weighted by atomic mass is 15.1. The van der Waals surface area contributed by atoms with E-state index >= 15 is 0 Å². The average molecular weight is 167 g/mol. The zero-order valence-corrected chi connectivity index (χ0v) is 6.23. The molecule has 7 nitrogen and oxygen atoms in total.